The van der Waals surface area contributed by atoms with Gasteiger partial charge >= 0.3 is 0 Å². The lowest BCUT2D eigenvalue weighted by Crippen LogP contribution is -2.12. The van der Waals surface area contributed by atoms with E-state index in [4.69, 9.17) is 0 Å². The van der Waals surface area contributed by atoms with Crippen molar-refractivity contribution in [2.45, 2.75) is 26.2 Å². The highest BCUT2D eigenvalue weighted by molar-refractivity contribution is 5.58. The Kier molecular flexibility index (Phi) is 2.14. The molecule has 1 N–H and O–H groups in total. The average Bonchev–Trinajstić information content (AvgIpc) is 2.69. The molecular formula is C11H16N4. The van der Waals surface area contributed by atoms with Crippen molar-refractivity contribution in [1.29, 1.82) is 0 Å². The molecular weight excluding hydrogens is 188 g/mol. The van der Waals surface area contributed by atoms with Crippen LogP contribution in [0.2, 0.25) is 0 Å². The summed E-state index contributed by atoms with van der Waals surface area (Å²) in [5, 5.41) is 11.3. The maximum atomic E-state index is 4.51. The summed E-state index contributed by atoms with van der Waals surface area (Å²) in [6.45, 7) is 6.48. The molecule has 2 aromatic rings. The molecule has 0 aliphatic carbocycles. The molecule has 2 heterocycles. The van der Waals surface area contributed by atoms with Gasteiger partial charge in [-0.3, -0.25) is 9.78 Å². The molecule has 80 valence electrons. The number of H-pyrrole nitrogens is 1. The van der Waals surface area contributed by atoms with Gasteiger partial charge in [0.25, 0.3) is 0 Å². The molecule has 2 aromatic heterocycles. The summed E-state index contributed by atoms with van der Waals surface area (Å²) in [7, 11) is 1.96. The van der Waals surface area contributed by atoms with Crippen LogP contribution in [0.4, 0.5) is 0 Å². The number of nitrogens with one attached hydrogen (secondary N) is 1. The number of aromatic nitrogens is 4. The predicted octanol–water partition coefficient (Wildman–Crippen LogP) is 2.11. The van der Waals surface area contributed by atoms with Crippen molar-refractivity contribution in [3.8, 4) is 11.3 Å². The normalized spacial score (nSPS) is 12.0. The van der Waals surface area contributed by atoms with Crippen molar-refractivity contribution in [3.05, 3.63) is 24.2 Å². The van der Waals surface area contributed by atoms with Crippen molar-refractivity contribution in [1.82, 2.24) is 20.0 Å². The van der Waals surface area contributed by atoms with E-state index in [9.17, 15) is 0 Å². The van der Waals surface area contributed by atoms with Crippen molar-refractivity contribution in [2.24, 2.45) is 7.05 Å². The van der Waals surface area contributed by atoms with Crippen LogP contribution in [-0.4, -0.2) is 20.0 Å². The average molecular weight is 204 g/mol. The van der Waals surface area contributed by atoms with Crippen LogP contribution in [0.15, 0.2) is 18.5 Å². The van der Waals surface area contributed by atoms with Crippen molar-refractivity contribution >= 4 is 0 Å². The molecule has 4 nitrogen and oxygen atoms in total. The molecule has 0 aliphatic heterocycles. The largest absolute Gasteiger partial charge is 0.285 e. The molecule has 0 aliphatic rings. The van der Waals surface area contributed by atoms with Gasteiger partial charge in [0.05, 0.1) is 17.6 Å². The molecule has 0 fully saturated rings. The van der Waals surface area contributed by atoms with Crippen LogP contribution >= 0.6 is 0 Å². The Bertz CT molecular complexity index is 445. The van der Waals surface area contributed by atoms with Gasteiger partial charge in [0.1, 0.15) is 0 Å². The van der Waals surface area contributed by atoms with Gasteiger partial charge in [-0.2, -0.15) is 10.2 Å². The summed E-state index contributed by atoms with van der Waals surface area (Å²) in [5.41, 5.74) is 3.34. The third kappa shape index (κ3) is 1.79. The van der Waals surface area contributed by atoms with Gasteiger partial charge in [-0.1, -0.05) is 20.8 Å². The van der Waals surface area contributed by atoms with Gasteiger partial charge in [-0.15, -0.1) is 0 Å². The molecule has 2 rings (SSSR count). The summed E-state index contributed by atoms with van der Waals surface area (Å²) in [6.07, 6.45) is 3.69. The molecule has 0 saturated heterocycles. The highest BCUT2D eigenvalue weighted by Gasteiger charge is 2.19. The molecule has 0 radical (unpaired) electrons. The Hall–Kier alpha value is -1.58. The molecule has 0 aromatic carbocycles. The minimum atomic E-state index is 0.0831. The summed E-state index contributed by atoms with van der Waals surface area (Å²) < 4.78 is 1.89. The third-order valence-electron chi connectivity index (χ3n) is 2.44. The van der Waals surface area contributed by atoms with Crippen LogP contribution in [-0.2, 0) is 12.5 Å². The first-order valence-corrected chi connectivity index (χ1v) is 5.02. The van der Waals surface area contributed by atoms with Crippen LogP contribution in [0.25, 0.3) is 11.3 Å². The maximum absolute atomic E-state index is 4.51. The van der Waals surface area contributed by atoms with Crippen LogP contribution in [0.1, 0.15) is 26.5 Å². The first-order valence-electron chi connectivity index (χ1n) is 5.02. The molecule has 15 heavy (non-hydrogen) atoms. The maximum Gasteiger partial charge on any atom is 0.0713 e. The zero-order chi connectivity index (χ0) is 11.1. The Morgan fingerprint density at radius 3 is 2.53 bits per heavy atom. The number of aromatic amines is 1. The SMILES string of the molecule is Cn1nc(C(C)(C)C)cc1-c1cn[nH]c1. The van der Waals surface area contributed by atoms with Crippen LogP contribution in [0.3, 0.4) is 0 Å². The van der Waals surface area contributed by atoms with E-state index in [1.54, 1.807) is 0 Å². The molecule has 0 amide bonds. The Morgan fingerprint density at radius 1 is 1.33 bits per heavy atom. The fourth-order valence-corrected chi connectivity index (χ4v) is 1.49. The van der Waals surface area contributed by atoms with Crippen LogP contribution < -0.4 is 0 Å². The van der Waals surface area contributed by atoms with Crippen molar-refractivity contribution < 1.29 is 0 Å². The summed E-state index contributed by atoms with van der Waals surface area (Å²) in [6, 6.07) is 2.12. The van der Waals surface area contributed by atoms with E-state index >= 15 is 0 Å². The third-order valence-corrected chi connectivity index (χ3v) is 2.44. The Morgan fingerprint density at radius 2 is 2.07 bits per heavy atom. The summed E-state index contributed by atoms with van der Waals surface area (Å²) >= 11 is 0. The van der Waals surface area contributed by atoms with E-state index < -0.39 is 0 Å². The number of hydrogen-bond acceptors (Lipinski definition) is 2. The second kappa shape index (κ2) is 3.22. The van der Waals surface area contributed by atoms with Gasteiger partial charge in [-0.05, 0) is 6.07 Å². The quantitative estimate of drug-likeness (QED) is 0.773. The smallest absolute Gasteiger partial charge is 0.0713 e. The van der Waals surface area contributed by atoms with Crippen molar-refractivity contribution in [3.63, 3.8) is 0 Å². The highest BCUT2D eigenvalue weighted by Crippen LogP contribution is 2.25. The zero-order valence-electron chi connectivity index (χ0n) is 9.57. The minimum absolute atomic E-state index is 0.0831. The minimum Gasteiger partial charge on any atom is -0.285 e. The lowest BCUT2D eigenvalue weighted by Gasteiger charge is -2.13. The Balaban J connectivity index is 2.47. The molecule has 0 bridgehead atoms. The number of nitrogens with zero attached hydrogens (tertiary/aromatic N) is 3. The van der Waals surface area contributed by atoms with Gasteiger partial charge < -0.3 is 0 Å². The van der Waals surface area contributed by atoms with E-state index in [0.717, 1.165) is 17.0 Å². The van der Waals surface area contributed by atoms with E-state index in [-0.39, 0.29) is 5.41 Å². The molecule has 0 spiro atoms. The monoisotopic (exact) mass is 204 g/mol. The number of aryl methyl sites for hydroxylation is 1. The summed E-state index contributed by atoms with van der Waals surface area (Å²) in [5.74, 6) is 0. The lowest BCUT2D eigenvalue weighted by atomic mass is 9.92. The van der Waals surface area contributed by atoms with E-state index in [2.05, 4.69) is 42.1 Å². The fourth-order valence-electron chi connectivity index (χ4n) is 1.49. The van der Waals surface area contributed by atoms with E-state index in [1.165, 1.54) is 0 Å². The molecule has 0 unspecified atom stereocenters. The first kappa shape index (κ1) is 9.96. The number of rotatable bonds is 1. The standard InChI is InChI=1S/C11H16N4/c1-11(2,3)10-5-9(15(4)14-10)8-6-12-13-7-8/h5-7H,1-4H3,(H,12,13). The highest BCUT2D eigenvalue weighted by atomic mass is 15.3. The first-order chi connectivity index (χ1) is 6.98. The second-order valence-electron chi connectivity index (χ2n) is 4.78. The van der Waals surface area contributed by atoms with Gasteiger partial charge in [0, 0.05) is 24.2 Å². The van der Waals surface area contributed by atoms with Gasteiger partial charge in [0.15, 0.2) is 0 Å². The van der Waals surface area contributed by atoms with E-state index in [0.29, 0.717) is 0 Å². The summed E-state index contributed by atoms with van der Waals surface area (Å²) in [4.78, 5) is 0. The van der Waals surface area contributed by atoms with Gasteiger partial charge in [0.2, 0.25) is 0 Å². The molecule has 4 heteroatoms. The van der Waals surface area contributed by atoms with E-state index in [1.807, 2.05) is 24.1 Å². The fraction of sp³-hybridized carbons (Fsp3) is 0.455. The van der Waals surface area contributed by atoms with Crippen LogP contribution in [0.5, 0.6) is 0 Å². The van der Waals surface area contributed by atoms with Crippen LogP contribution in [0, 0.1) is 0 Å². The second-order valence-corrected chi connectivity index (χ2v) is 4.78. The van der Waals surface area contributed by atoms with Crippen molar-refractivity contribution in [2.75, 3.05) is 0 Å². The number of hydrogen-bond donors (Lipinski definition) is 1. The topological polar surface area (TPSA) is 46.5 Å². The molecule has 0 atom stereocenters. The zero-order valence-corrected chi connectivity index (χ0v) is 9.57. The molecule has 0 saturated carbocycles. The van der Waals surface area contributed by atoms with Gasteiger partial charge in [-0.25, -0.2) is 0 Å². The lowest BCUT2D eigenvalue weighted by molar-refractivity contribution is 0.553. The Labute approximate surface area is 89.3 Å². The predicted molar refractivity (Wildman–Crippen MR) is 59.5 cm³/mol.